The number of H-pyrrole nitrogens is 1. The second kappa shape index (κ2) is 6.32. The summed E-state index contributed by atoms with van der Waals surface area (Å²) >= 11 is 0. The minimum absolute atomic E-state index is 0.0884. The number of aryl methyl sites for hydroxylation is 2. The van der Waals surface area contributed by atoms with E-state index >= 15 is 0 Å². The summed E-state index contributed by atoms with van der Waals surface area (Å²) < 4.78 is 0. The summed E-state index contributed by atoms with van der Waals surface area (Å²) in [5.41, 5.74) is 4.20. The van der Waals surface area contributed by atoms with Gasteiger partial charge in [-0.15, -0.1) is 0 Å². The van der Waals surface area contributed by atoms with Crippen LogP contribution in [-0.2, 0) is 11.3 Å². The average molecular weight is 320 g/mol. The molecule has 4 heteroatoms. The Morgan fingerprint density at radius 1 is 1.08 bits per heavy atom. The number of carbonyl (C=O) groups is 1. The lowest BCUT2D eigenvalue weighted by Crippen LogP contribution is -2.31. The van der Waals surface area contributed by atoms with Crippen LogP contribution in [0, 0.1) is 13.8 Å². The fraction of sp³-hybridized carbons (Fsp3) is 0.200. The Kier molecular flexibility index (Phi) is 4.21. The molecule has 3 rings (SSSR count). The normalized spacial score (nSPS) is 10.8. The number of pyridine rings is 1. The summed E-state index contributed by atoms with van der Waals surface area (Å²) in [6.07, 6.45) is 0. The second-order valence-corrected chi connectivity index (χ2v) is 6.11. The van der Waals surface area contributed by atoms with Crippen molar-refractivity contribution in [1.82, 2.24) is 4.98 Å². The smallest absolute Gasteiger partial charge is 0.253 e. The van der Waals surface area contributed by atoms with Crippen LogP contribution in [0.4, 0.5) is 5.69 Å². The van der Waals surface area contributed by atoms with Gasteiger partial charge in [0.25, 0.3) is 5.56 Å². The lowest BCUT2D eigenvalue weighted by atomic mass is 10.1. The molecule has 0 saturated heterocycles. The Bertz CT molecular complexity index is 973. The van der Waals surface area contributed by atoms with Gasteiger partial charge in [0.15, 0.2) is 0 Å². The van der Waals surface area contributed by atoms with Crippen molar-refractivity contribution in [2.24, 2.45) is 0 Å². The Balaban J connectivity index is 2.04. The highest BCUT2D eigenvalue weighted by atomic mass is 16.2. The van der Waals surface area contributed by atoms with Crippen LogP contribution in [0.15, 0.2) is 53.3 Å². The third-order valence-corrected chi connectivity index (χ3v) is 4.18. The monoisotopic (exact) mass is 320 g/mol. The number of nitrogens with zero attached hydrogens (tertiary/aromatic N) is 1. The van der Waals surface area contributed by atoms with E-state index in [2.05, 4.69) is 4.98 Å². The molecule has 4 nitrogen and oxygen atoms in total. The molecular weight excluding hydrogens is 300 g/mol. The third-order valence-electron chi connectivity index (χ3n) is 4.18. The Labute approximate surface area is 140 Å². The predicted molar refractivity (Wildman–Crippen MR) is 97.3 cm³/mol. The highest BCUT2D eigenvalue weighted by Gasteiger charge is 2.16. The molecule has 0 aliphatic rings. The molecule has 1 amide bonds. The van der Waals surface area contributed by atoms with Crippen molar-refractivity contribution >= 4 is 22.5 Å². The highest BCUT2D eigenvalue weighted by Crippen LogP contribution is 2.23. The Morgan fingerprint density at radius 2 is 1.83 bits per heavy atom. The van der Waals surface area contributed by atoms with Gasteiger partial charge in [-0.25, -0.2) is 0 Å². The van der Waals surface area contributed by atoms with E-state index in [0.29, 0.717) is 5.56 Å². The largest absolute Gasteiger partial charge is 0.322 e. The second-order valence-electron chi connectivity index (χ2n) is 6.11. The number of fused-ring (bicyclic) bond motifs is 1. The van der Waals surface area contributed by atoms with Gasteiger partial charge >= 0.3 is 0 Å². The lowest BCUT2D eigenvalue weighted by Gasteiger charge is -2.23. The molecular formula is C20H20N2O2. The molecule has 0 aliphatic heterocycles. The molecule has 2 aromatic carbocycles. The van der Waals surface area contributed by atoms with Crippen molar-refractivity contribution in [1.29, 1.82) is 0 Å². The zero-order valence-electron chi connectivity index (χ0n) is 14.1. The van der Waals surface area contributed by atoms with Gasteiger partial charge in [0.05, 0.1) is 6.54 Å². The van der Waals surface area contributed by atoms with E-state index in [-0.39, 0.29) is 18.0 Å². The number of anilines is 1. The zero-order valence-corrected chi connectivity index (χ0v) is 14.1. The molecule has 1 N–H and O–H groups in total. The fourth-order valence-electron chi connectivity index (χ4n) is 2.95. The number of nitrogens with one attached hydrogen (secondary N) is 1. The number of hydrogen-bond donors (Lipinski definition) is 1. The summed E-state index contributed by atoms with van der Waals surface area (Å²) in [4.78, 5) is 29.1. The van der Waals surface area contributed by atoms with Gasteiger partial charge in [-0.3, -0.25) is 9.59 Å². The van der Waals surface area contributed by atoms with Crippen LogP contribution in [0.1, 0.15) is 23.6 Å². The molecule has 0 fully saturated rings. The predicted octanol–water partition coefficient (Wildman–Crippen LogP) is 3.70. The van der Waals surface area contributed by atoms with Crippen molar-refractivity contribution in [3.63, 3.8) is 0 Å². The van der Waals surface area contributed by atoms with E-state index in [9.17, 15) is 9.59 Å². The van der Waals surface area contributed by atoms with Gasteiger partial charge in [-0.2, -0.15) is 0 Å². The zero-order chi connectivity index (χ0) is 17.3. The number of benzene rings is 2. The molecule has 0 radical (unpaired) electrons. The summed E-state index contributed by atoms with van der Waals surface area (Å²) in [6, 6.07) is 15.4. The van der Waals surface area contributed by atoms with Crippen LogP contribution in [-0.4, -0.2) is 10.9 Å². The van der Waals surface area contributed by atoms with Gasteiger partial charge < -0.3 is 9.88 Å². The highest BCUT2D eigenvalue weighted by molar-refractivity contribution is 5.92. The summed E-state index contributed by atoms with van der Waals surface area (Å²) in [5, 5.41) is 0.955. The molecule has 1 heterocycles. The minimum atomic E-state index is -0.162. The average Bonchev–Trinajstić information content (AvgIpc) is 2.53. The molecule has 1 aromatic heterocycles. The molecule has 0 bridgehead atoms. The van der Waals surface area contributed by atoms with E-state index in [4.69, 9.17) is 0 Å². The van der Waals surface area contributed by atoms with E-state index in [1.54, 1.807) is 4.90 Å². The molecule has 0 unspecified atom stereocenters. The number of aromatic amines is 1. The van der Waals surface area contributed by atoms with Crippen LogP contribution in [0.3, 0.4) is 0 Å². The van der Waals surface area contributed by atoms with E-state index in [1.807, 2.05) is 62.4 Å². The van der Waals surface area contributed by atoms with Crippen LogP contribution >= 0.6 is 0 Å². The number of hydrogen-bond acceptors (Lipinski definition) is 2. The van der Waals surface area contributed by atoms with Gasteiger partial charge in [0.1, 0.15) is 0 Å². The molecule has 24 heavy (non-hydrogen) atoms. The van der Waals surface area contributed by atoms with Crippen molar-refractivity contribution in [2.75, 3.05) is 4.90 Å². The molecule has 3 aromatic rings. The number of para-hydroxylation sites is 1. The van der Waals surface area contributed by atoms with Crippen molar-refractivity contribution in [3.05, 3.63) is 75.6 Å². The summed E-state index contributed by atoms with van der Waals surface area (Å²) in [5.74, 6) is -0.0884. The van der Waals surface area contributed by atoms with E-state index in [0.717, 1.165) is 27.7 Å². The molecule has 0 spiro atoms. The van der Waals surface area contributed by atoms with Crippen molar-refractivity contribution < 1.29 is 4.79 Å². The number of amides is 1. The number of carbonyl (C=O) groups excluding carboxylic acids is 1. The standard InChI is InChI=1S/C20H20N2O2/c1-13-8-9-19(14(2)10-13)22(15(3)23)12-17-11-16-6-4-5-7-18(16)21-20(17)24/h4-11H,12H2,1-3H3,(H,21,24). The van der Waals surface area contributed by atoms with Crippen LogP contribution in [0.5, 0.6) is 0 Å². The summed E-state index contributed by atoms with van der Waals surface area (Å²) in [7, 11) is 0. The molecule has 0 aliphatic carbocycles. The van der Waals surface area contributed by atoms with Crippen LogP contribution in [0.25, 0.3) is 10.9 Å². The van der Waals surface area contributed by atoms with Gasteiger partial charge in [0.2, 0.25) is 5.91 Å². The van der Waals surface area contributed by atoms with E-state index < -0.39 is 0 Å². The summed E-state index contributed by atoms with van der Waals surface area (Å²) in [6.45, 7) is 5.76. The Morgan fingerprint density at radius 3 is 2.54 bits per heavy atom. The Hall–Kier alpha value is -2.88. The van der Waals surface area contributed by atoms with Crippen molar-refractivity contribution in [3.8, 4) is 0 Å². The quantitative estimate of drug-likeness (QED) is 0.800. The van der Waals surface area contributed by atoms with Crippen molar-refractivity contribution in [2.45, 2.75) is 27.3 Å². The maximum Gasteiger partial charge on any atom is 0.253 e. The number of rotatable bonds is 3. The molecule has 0 saturated carbocycles. The SMILES string of the molecule is CC(=O)N(Cc1cc2ccccc2[nH]c1=O)c1ccc(C)cc1C. The maximum atomic E-state index is 12.4. The van der Waals surface area contributed by atoms with Gasteiger partial charge in [-0.1, -0.05) is 35.9 Å². The van der Waals surface area contributed by atoms with Crippen LogP contribution in [0.2, 0.25) is 0 Å². The first-order valence-corrected chi connectivity index (χ1v) is 7.92. The van der Waals surface area contributed by atoms with E-state index in [1.165, 1.54) is 6.92 Å². The lowest BCUT2D eigenvalue weighted by molar-refractivity contribution is -0.116. The minimum Gasteiger partial charge on any atom is -0.322 e. The first kappa shape index (κ1) is 16.0. The first-order valence-electron chi connectivity index (χ1n) is 7.92. The van der Waals surface area contributed by atoms with Crippen LogP contribution < -0.4 is 10.5 Å². The van der Waals surface area contributed by atoms with Gasteiger partial charge in [0, 0.05) is 23.7 Å². The van der Waals surface area contributed by atoms with Gasteiger partial charge in [-0.05, 0) is 43.0 Å². The fourth-order valence-corrected chi connectivity index (χ4v) is 2.95. The molecule has 0 atom stereocenters. The number of aromatic nitrogens is 1. The maximum absolute atomic E-state index is 12.4. The topological polar surface area (TPSA) is 53.2 Å². The molecule has 122 valence electrons. The first-order chi connectivity index (χ1) is 11.5. The third kappa shape index (κ3) is 3.08.